The highest BCUT2D eigenvalue weighted by Gasteiger charge is 2.62. The van der Waals surface area contributed by atoms with Gasteiger partial charge in [-0.25, -0.2) is 4.79 Å². The third-order valence-corrected chi connectivity index (χ3v) is 11.1. The molecule has 11 heteroatoms. The van der Waals surface area contributed by atoms with Gasteiger partial charge in [-0.1, -0.05) is 33.8 Å². The number of ketones is 1. The van der Waals surface area contributed by atoms with E-state index >= 15 is 0 Å². The van der Waals surface area contributed by atoms with E-state index < -0.39 is 53.6 Å². The summed E-state index contributed by atoms with van der Waals surface area (Å²) in [6.45, 7) is 22.8. The van der Waals surface area contributed by atoms with E-state index in [0.29, 0.717) is 26.1 Å². The number of hydrogen-bond donors (Lipinski definition) is 0. The average molecular weight is 650 g/mol. The molecule has 0 aromatic heterocycles. The van der Waals surface area contributed by atoms with Crippen LogP contribution in [0, 0.1) is 23.7 Å². The molecule has 262 valence electrons. The predicted molar refractivity (Wildman–Crippen MR) is 174 cm³/mol. The van der Waals surface area contributed by atoms with Crippen molar-refractivity contribution in [2.24, 2.45) is 23.7 Å². The van der Waals surface area contributed by atoms with Crippen molar-refractivity contribution in [2.75, 3.05) is 33.9 Å². The SMILES string of the molecule is C=CCO[C@]1(C)C[C@@H](C)CN2CN3C(=O)O[C@](C)([C@@H](CC)OC(=O)[C@H](C)C(=O)[C@H](C)C1O[C@@H]1OC(C)CC(N(C)C)C1C)[C@H]3[C@H]2C. The van der Waals surface area contributed by atoms with Gasteiger partial charge in [0.1, 0.15) is 12.0 Å². The van der Waals surface area contributed by atoms with Crippen LogP contribution in [-0.4, -0.2) is 120 Å². The molecular formula is C35H59N3O8. The Morgan fingerprint density at radius 1 is 1.09 bits per heavy atom. The zero-order valence-electron chi connectivity index (χ0n) is 30.0. The molecule has 46 heavy (non-hydrogen) atoms. The highest BCUT2D eigenvalue weighted by molar-refractivity contribution is 6.00. The van der Waals surface area contributed by atoms with Gasteiger partial charge in [0.2, 0.25) is 0 Å². The molecule has 0 radical (unpaired) electrons. The number of rotatable bonds is 7. The van der Waals surface area contributed by atoms with Crippen LogP contribution in [0.5, 0.6) is 0 Å². The molecule has 0 saturated carbocycles. The second-order valence-electron chi connectivity index (χ2n) is 15.1. The molecule has 5 unspecified atom stereocenters. The zero-order valence-corrected chi connectivity index (χ0v) is 30.0. The summed E-state index contributed by atoms with van der Waals surface area (Å²) in [6, 6.07) is -0.137. The average Bonchev–Trinajstić information content (AvgIpc) is 3.45. The number of carbonyl (C=O) groups excluding carboxylic acids is 3. The molecule has 4 rings (SSSR count). The maximum absolute atomic E-state index is 14.3. The molecular weight excluding hydrogens is 590 g/mol. The largest absolute Gasteiger partial charge is 0.458 e. The summed E-state index contributed by atoms with van der Waals surface area (Å²) in [7, 11) is 4.13. The van der Waals surface area contributed by atoms with Gasteiger partial charge in [-0.3, -0.25) is 19.4 Å². The van der Waals surface area contributed by atoms with Crippen molar-refractivity contribution in [1.29, 1.82) is 0 Å². The Balaban J connectivity index is 1.77. The Kier molecular flexibility index (Phi) is 11.4. The van der Waals surface area contributed by atoms with Gasteiger partial charge in [0, 0.05) is 30.5 Å². The Labute approximate surface area is 276 Å². The molecule has 2 bridgehead atoms. The number of Topliss-reactive ketones (excluding diaryl/α,β-unsaturated/α-hetero) is 1. The van der Waals surface area contributed by atoms with Crippen molar-refractivity contribution in [3.8, 4) is 0 Å². The van der Waals surface area contributed by atoms with E-state index in [1.807, 2.05) is 34.6 Å². The highest BCUT2D eigenvalue weighted by atomic mass is 16.7. The van der Waals surface area contributed by atoms with Crippen molar-refractivity contribution in [1.82, 2.24) is 14.7 Å². The normalized spacial score (nSPS) is 45.7. The number of hydrogen-bond acceptors (Lipinski definition) is 10. The van der Waals surface area contributed by atoms with Crippen LogP contribution in [0.4, 0.5) is 4.79 Å². The highest BCUT2D eigenvalue weighted by Crippen LogP contribution is 2.44. The van der Waals surface area contributed by atoms with Crippen molar-refractivity contribution in [2.45, 2.75) is 136 Å². The molecule has 0 aromatic carbocycles. The quantitative estimate of drug-likeness (QED) is 0.223. The lowest BCUT2D eigenvalue weighted by molar-refractivity contribution is -0.282. The summed E-state index contributed by atoms with van der Waals surface area (Å²) >= 11 is 0. The number of fused-ring (bicyclic) bond motifs is 1. The van der Waals surface area contributed by atoms with Gasteiger partial charge in [-0.2, -0.15) is 0 Å². The maximum Gasteiger partial charge on any atom is 0.412 e. The van der Waals surface area contributed by atoms with Crippen molar-refractivity contribution in [3.05, 3.63) is 12.7 Å². The van der Waals surface area contributed by atoms with Crippen molar-refractivity contribution in [3.63, 3.8) is 0 Å². The van der Waals surface area contributed by atoms with E-state index in [9.17, 15) is 14.4 Å². The molecule has 1 amide bonds. The predicted octanol–water partition coefficient (Wildman–Crippen LogP) is 4.48. The number of cyclic esters (lactones) is 1. The van der Waals surface area contributed by atoms with Gasteiger partial charge in [0.05, 0.1) is 37.1 Å². The lowest BCUT2D eigenvalue weighted by Crippen LogP contribution is -2.57. The summed E-state index contributed by atoms with van der Waals surface area (Å²) in [5.74, 6) is -2.63. The van der Waals surface area contributed by atoms with Crippen molar-refractivity contribution >= 4 is 17.8 Å². The first-order chi connectivity index (χ1) is 21.5. The van der Waals surface area contributed by atoms with E-state index in [4.69, 9.17) is 23.7 Å². The van der Waals surface area contributed by atoms with E-state index in [-0.39, 0.29) is 48.5 Å². The number of esters is 1. The van der Waals surface area contributed by atoms with E-state index in [1.54, 1.807) is 17.9 Å². The lowest BCUT2D eigenvalue weighted by Gasteiger charge is -2.47. The molecule has 4 fully saturated rings. The minimum absolute atomic E-state index is 0.0177. The molecule has 0 aromatic rings. The molecule has 4 saturated heterocycles. The number of carbonyl (C=O) groups is 3. The third-order valence-electron chi connectivity index (χ3n) is 11.1. The Morgan fingerprint density at radius 2 is 1.76 bits per heavy atom. The Bertz CT molecular complexity index is 1140. The van der Waals surface area contributed by atoms with Gasteiger partial charge >= 0.3 is 12.1 Å². The van der Waals surface area contributed by atoms with Crippen LogP contribution in [-0.2, 0) is 33.3 Å². The summed E-state index contributed by atoms with van der Waals surface area (Å²) in [6.07, 6.45) is 1.06. The maximum atomic E-state index is 14.3. The summed E-state index contributed by atoms with van der Waals surface area (Å²) in [5, 5.41) is 0. The van der Waals surface area contributed by atoms with Crippen LogP contribution in [0.3, 0.4) is 0 Å². The van der Waals surface area contributed by atoms with Crippen LogP contribution in [0.1, 0.15) is 81.6 Å². The van der Waals surface area contributed by atoms with Crippen molar-refractivity contribution < 1.29 is 38.1 Å². The minimum atomic E-state index is -1.08. The Hall–Kier alpha value is -2.05. The lowest BCUT2D eigenvalue weighted by atomic mass is 9.78. The molecule has 4 aliphatic heterocycles. The molecule has 4 aliphatic rings. The van der Waals surface area contributed by atoms with Gasteiger partial charge < -0.3 is 28.6 Å². The first kappa shape index (κ1) is 36.8. The van der Waals surface area contributed by atoms with Crippen LogP contribution in [0.15, 0.2) is 12.7 Å². The monoisotopic (exact) mass is 649 g/mol. The number of ether oxygens (including phenoxy) is 5. The topological polar surface area (TPSA) is 107 Å². The molecule has 4 heterocycles. The van der Waals surface area contributed by atoms with Crippen LogP contribution in [0.25, 0.3) is 0 Å². The number of nitrogens with zero attached hydrogens (tertiary/aromatic N) is 3. The molecule has 11 nitrogen and oxygen atoms in total. The van der Waals surface area contributed by atoms with Gasteiger partial charge in [-0.15, -0.1) is 6.58 Å². The third kappa shape index (κ3) is 6.90. The molecule has 0 spiro atoms. The van der Waals surface area contributed by atoms with Gasteiger partial charge in [0.25, 0.3) is 0 Å². The second kappa shape index (κ2) is 14.2. The van der Waals surface area contributed by atoms with Gasteiger partial charge in [-0.05, 0) is 73.9 Å². The summed E-state index contributed by atoms with van der Waals surface area (Å²) in [5.41, 5.74) is -2.00. The fraction of sp³-hybridized carbons (Fsp3) is 0.857. The minimum Gasteiger partial charge on any atom is -0.458 e. The fourth-order valence-electron chi connectivity index (χ4n) is 8.71. The Morgan fingerprint density at radius 3 is 2.37 bits per heavy atom. The molecule has 0 aliphatic carbocycles. The van der Waals surface area contributed by atoms with Gasteiger partial charge in [0.15, 0.2) is 17.7 Å². The van der Waals surface area contributed by atoms with E-state index in [2.05, 4.69) is 51.2 Å². The fourth-order valence-corrected chi connectivity index (χ4v) is 8.71. The van der Waals surface area contributed by atoms with E-state index in [0.717, 1.165) is 6.42 Å². The number of amides is 1. The van der Waals surface area contributed by atoms with Crippen LogP contribution in [0.2, 0.25) is 0 Å². The first-order valence-electron chi connectivity index (χ1n) is 17.2. The zero-order chi connectivity index (χ0) is 34.3. The summed E-state index contributed by atoms with van der Waals surface area (Å²) in [4.78, 5) is 47.4. The van der Waals surface area contributed by atoms with E-state index in [1.165, 1.54) is 0 Å². The van der Waals surface area contributed by atoms with Crippen LogP contribution < -0.4 is 0 Å². The standard InChI is InChI=1S/C35H59N3O8/c1-13-15-42-34(9)17-20(3)18-37-19-38-29(25(37)8)35(10,46-33(38)41)27(14-2)44-31(40)24(7)28(39)23(6)30(34)45-32-22(5)26(36(11)12)16-21(4)43-32/h13,20-27,29-30,32H,1,14-19H2,2-12H3/t20-,21?,22?,23+,24-,25-,26?,27-,29-,30?,32+,34-,35-/m1/s1. The first-order valence-corrected chi connectivity index (χ1v) is 17.2. The molecule has 0 N–H and O–H groups in total. The molecule has 14 atom stereocenters. The second-order valence-corrected chi connectivity index (χ2v) is 15.1. The summed E-state index contributed by atoms with van der Waals surface area (Å²) < 4.78 is 32.0. The van der Waals surface area contributed by atoms with Crippen LogP contribution >= 0.6 is 0 Å². The smallest absolute Gasteiger partial charge is 0.412 e.